The standard InChI is InChI=1S/C27H19BrN2O3/c28-22-14-15-25(33-26(31)16-13-19-7-2-1-3-8-19)21(17-22)18-29-30-27(32)24-12-6-10-20-9-4-5-11-23(20)24/h1-18H,(H,30,32)/b16-13+,29-18+. The molecule has 1 N–H and O–H groups in total. The van der Waals surface area contributed by atoms with Crippen LogP contribution in [-0.4, -0.2) is 18.1 Å². The maximum Gasteiger partial charge on any atom is 0.336 e. The van der Waals surface area contributed by atoms with Crippen molar-refractivity contribution in [3.63, 3.8) is 0 Å². The minimum absolute atomic E-state index is 0.323. The summed E-state index contributed by atoms with van der Waals surface area (Å²) < 4.78 is 6.25. The van der Waals surface area contributed by atoms with Crippen LogP contribution in [0.2, 0.25) is 0 Å². The minimum atomic E-state index is -0.518. The van der Waals surface area contributed by atoms with E-state index in [0.717, 1.165) is 20.8 Å². The van der Waals surface area contributed by atoms with E-state index in [1.54, 1.807) is 30.3 Å². The van der Waals surface area contributed by atoms with Gasteiger partial charge in [0, 0.05) is 21.7 Å². The van der Waals surface area contributed by atoms with E-state index in [2.05, 4.69) is 26.5 Å². The lowest BCUT2D eigenvalue weighted by Gasteiger charge is -2.07. The molecule has 0 saturated carbocycles. The first-order valence-electron chi connectivity index (χ1n) is 10.2. The summed E-state index contributed by atoms with van der Waals surface area (Å²) in [6, 6.07) is 27.8. The maximum atomic E-state index is 12.7. The third kappa shape index (κ3) is 5.81. The van der Waals surface area contributed by atoms with E-state index in [1.165, 1.54) is 12.3 Å². The van der Waals surface area contributed by atoms with Gasteiger partial charge in [-0.2, -0.15) is 5.10 Å². The number of hydrogen-bond donors (Lipinski definition) is 1. The van der Waals surface area contributed by atoms with Gasteiger partial charge in [-0.15, -0.1) is 0 Å². The van der Waals surface area contributed by atoms with Crippen molar-refractivity contribution in [1.29, 1.82) is 0 Å². The molecule has 0 radical (unpaired) electrons. The highest BCUT2D eigenvalue weighted by Crippen LogP contribution is 2.22. The number of rotatable bonds is 6. The molecule has 4 rings (SSSR count). The van der Waals surface area contributed by atoms with E-state index in [4.69, 9.17) is 4.74 Å². The Kier molecular flexibility index (Phi) is 7.07. The number of ether oxygens (including phenoxy) is 1. The third-order valence-corrected chi connectivity index (χ3v) is 5.29. The average Bonchev–Trinajstić information content (AvgIpc) is 2.84. The largest absolute Gasteiger partial charge is 0.423 e. The van der Waals surface area contributed by atoms with Crippen LogP contribution in [0.1, 0.15) is 21.5 Å². The topological polar surface area (TPSA) is 67.8 Å². The van der Waals surface area contributed by atoms with Crippen LogP contribution in [-0.2, 0) is 4.79 Å². The lowest BCUT2D eigenvalue weighted by atomic mass is 10.0. The van der Waals surface area contributed by atoms with Crippen LogP contribution in [0.3, 0.4) is 0 Å². The molecule has 0 unspecified atom stereocenters. The summed E-state index contributed by atoms with van der Waals surface area (Å²) >= 11 is 3.41. The van der Waals surface area contributed by atoms with Gasteiger partial charge in [-0.05, 0) is 46.7 Å². The van der Waals surface area contributed by atoms with Gasteiger partial charge >= 0.3 is 5.97 Å². The van der Waals surface area contributed by atoms with Crippen LogP contribution < -0.4 is 10.2 Å². The Morgan fingerprint density at radius 2 is 1.64 bits per heavy atom. The van der Waals surface area contributed by atoms with E-state index >= 15 is 0 Å². The summed E-state index contributed by atoms with van der Waals surface area (Å²) in [5.41, 5.74) is 4.50. The molecule has 0 aliphatic heterocycles. The minimum Gasteiger partial charge on any atom is -0.423 e. The van der Waals surface area contributed by atoms with E-state index in [1.807, 2.05) is 66.7 Å². The van der Waals surface area contributed by atoms with Crippen molar-refractivity contribution in [2.75, 3.05) is 0 Å². The number of amides is 1. The Bertz CT molecular complexity index is 1360. The second-order valence-electron chi connectivity index (χ2n) is 7.07. The quantitative estimate of drug-likeness (QED) is 0.117. The Hall–Kier alpha value is -4.03. The lowest BCUT2D eigenvalue weighted by Crippen LogP contribution is -2.18. The van der Waals surface area contributed by atoms with Crippen LogP contribution in [0.15, 0.2) is 107 Å². The molecule has 33 heavy (non-hydrogen) atoms. The second-order valence-corrected chi connectivity index (χ2v) is 7.99. The summed E-state index contributed by atoms with van der Waals surface area (Å²) in [6.45, 7) is 0. The monoisotopic (exact) mass is 498 g/mol. The predicted octanol–water partition coefficient (Wildman–Crippen LogP) is 5.99. The average molecular weight is 499 g/mol. The third-order valence-electron chi connectivity index (χ3n) is 4.80. The van der Waals surface area contributed by atoms with Crippen molar-refractivity contribution < 1.29 is 14.3 Å². The Labute approximate surface area is 199 Å². The number of benzene rings is 4. The zero-order valence-electron chi connectivity index (χ0n) is 17.4. The number of halogens is 1. The zero-order chi connectivity index (χ0) is 23.0. The summed E-state index contributed by atoms with van der Waals surface area (Å²) in [6.07, 6.45) is 4.48. The van der Waals surface area contributed by atoms with Crippen molar-refractivity contribution in [2.24, 2.45) is 5.10 Å². The van der Waals surface area contributed by atoms with Gasteiger partial charge in [0.1, 0.15) is 5.75 Å². The Morgan fingerprint density at radius 3 is 2.48 bits per heavy atom. The van der Waals surface area contributed by atoms with Crippen LogP contribution in [0.25, 0.3) is 16.8 Å². The van der Waals surface area contributed by atoms with Crippen LogP contribution in [0.4, 0.5) is 0 Å². The van der Waals surface area contributed by atoms with Crippen molar-refractivity contribution in [2.45, 2.75) is 0 Å². The van der Waals surface area contributed by atoms with Gasteiger partial charge in [0.25, 0.3) is 5.91 Å². The van der Waals surface area contributed by atoms with Crippen molar-refractivity contribution in [1.82, 2.24) is 5.43 Å². The molecule has 0 atom stereocenters. The van der Waals surface area contributed by atoms with E-state index < -0.39 is 5.97 Å². The van der Waals surface area contributed by atoms with E-state index in [9.17, 15) is 9.59 Å². The SMILES string of the molecule is O=C(/C=C/c1ccccc1)Oc1ccc(Br)cc1/C=N/NC(=O)c1cccc2ccccc12. The van der Waals surface area contributed by atoms with Gasteiger partial charge in [0.15, 0.2) is 0 Å². The molecule has 4 aromatic rings. The van der Waals surface area contributed by atoms with Gasteiger partial charge < -0.3 is 4.74 Å². The predicted molar refractivity (Wildman–Crippen MR) is 134 cm³/mol. The van der Waals surface area contributed by atoms with Crippen molar-refractivity contribution >= 4 is 50.9 Å². The number of nitrogens with one attached hydrogen (secondary N) is 1. The molecule has 6 heteroatoms. The first-order chi connectivity index (χ1) is 16.1. The zero-order valence-corrected chi connectivity index (χ0v) is 19.0. The molecule has 0 fully saturated rings. The Balaban J connectivity index is 1.47. The lowest BCUT2D eigenvalue weighted by molar-refractivity contribution is -0.128. The van der Waals surface area contributed by atoms with Crippen LogP contribution >= 0.6 is 15.9 Å². The highest BCUT2D eigenvalue weighted by molar-refractivity contribution is 9.10. The summed E-state index contributed by atoms with van der Waals surface area (Å²) in [5, 5.41) is 5.89. The molecule has 1 amide bonds. The van der Waals surface area contributed by atoms with Crippen molar-refractivity contribution in [3.8, 4) is 5.75 Å². The smallest absolute Gasteiger partial charge is 0.336 e. The number of esters is 1. The second kappa shape index (κ2) is 10.5. The molecule has 0 bridgehead atoms. The molecule has 0 aliphatic carbocycles. The molecule has 0 saturated heterocycles. The fraction of sp³-hybridized carbons (Fsp3) is 0. The molecule has 0 spiro atoms. The van der Waals surface area contributed by atoms with Gasteiger partial charge in [-0.1, -0.05) is 82.7 Å². The number of nitrogens with zero attached hydrogens (tertiary/aromatic N) is 1. The first kappa shape index (κ1) is 22.2. The van der Waals surface area contributed by atoms with Crippen LogP contribution in [0, 0.1) is 0 Å². The molecule has 0 aromatic heterocycles. The van der Waals surface area contributed by atoms with Gasteiger partial charge in [0.2, 0.25) is 0 Å². The van der Waals surface area contributed by atoms with Crippen molar-refractivity contribution in [3.05, 3.63) is 118 Å². The highest BCUT2D eigenvalue weighted by Gasteiger charge is 2.10. The van der Waals surface area contributed by atoms with E-state index in [-0.39, 0.29) is 5.91 Å². The first-order valence-corrected chi connectivity index (χ1v) is 10.9. The molecular weight excluding hydrogens is 480 g/mol. The number of fused-ring (bicyclic) bond motifs is 1. The molecule has 162 valence electrons. The molecule has 5 nitrogen and oxygen atoms in total. The maximum absolute atomic E-state index is 12.7. The number of hydrogen-bond acceptors (Lipinski definition) is 4. The number of hydrazone groups is 1. The van der Waals surface area contributed by atoms with Crippen LogP contribution in [0.5, 0.6) is 5.75 Å². The summed E-state index contributed by atoms with van der Waals surface area (Å²) in [4.78, 5) is 24.9. The number of carbonyl (C=O) groups is 2. The summed E-state index contributed by atoms with van der Waals surface area (Å²) in [5.74, 6) is -0.526. The van der Waals surface area contributed by atoms with Gasteiger partial charge in [-0.25, -0.2) is 10.2 Å². The molecule has 0 aliphatic rings. The fourth-order valence-electron chi connectivity index (χ4n) is 3.23. The summed E-state index contributed by atoms with van der Waals surface area (Å²) in [7, 11) is 0. The van der Waals surface area contributed by atoms with Gasteiger partial charge in [0.05, 0.1) is 6.21 Å². The number of carbonyl (C=O) groups excluding carboxylic acids is 2. The molecule has 4 aromatic carbocycles. The molecule has 0 heterocycles. The highest BCUT2D eigenvalue weighted by atomic mass is 79.9. The fourth-order valence-corrected chi connectivity index (χ4v) is 3.61. The van der Waals surface area contributed by atoms with Gasteiger partial charge in [-0.3, -0.25) is 4.79 Å². The molecular formula is C27H19BrN2O3. The van der Waals surface area contributed by atoms with E-state index in [0.29, 0.717) is 16.9 Å². The normalized spacial score (nSPS) is 11.2. The Morgan fingerprint density at radius 1 is 0.879 bits per heavy atom.